The van der Waals surface area contributed by atoms with Crippen LogP contribution in [0.3, 0.4) is 0 Å². The van der Waals surface area contributed by atoms with Gasteiger partial charge in [-0.15, -0.1) is 0 Å². The van der Waals surface area contributed by atoms with Crippen molar-refractivity contribution in [2.75, 3.05) is 57.4 Å². The molecule has 10 nitrogen and oxygen atoms in total. The summed E-state index contributed by atoms with van der Waals surface area (Å²) in [5.41, 5.74) is 8.14. The number of rotatable bonds is 5. The molecule has 43 heavy (non-hydrogen) atoms. The number of hydrogen-bond donors (Lipinski definition) is 2. The summed E-state index contributed by atoms with van der Waals surface area (Å²) in [6, 6.07) is 12.5. The zero-order chi connectivity index (χ0) is 29.2. The maximum atomic E-state index is 16.0. The summed E-state index contributed by atoms with van der Waals surface area (Å²) in [6.07, 6.45) is 2.25. The second-order valence-corrected chi connectivity index (χ2v) is 11.4. The molecule has 1 atom stereocenters. The average molecular weight is 584 g/mol. The van der Waals surface area contributed by atoms with Crippen LogP contribution in [0.2, 0.25) is 0 Å². The van der Waals surface area contributed by atoms with Gasteiger partial charge in [-0.3, -0.25) is 14.5 Å². The molecule has 5 heterocycles. The molecule has 220 valence electrons. The minimum Gasteiger partial charge on any atom is -0.456 e. The predicted octanol–water partition coefficient (Wildman–Crippen LogP) is 3.73. The molecule has 2 aromatic heterocycles. The van der Waals surface area contributed by atoms with Gasteiger partial charge in [0.25, 0.3) is 5.91 Å². The van der Waals surface area contributed by atoms with Crippen LogP contribution in [0.4, 0.5) is 10.1 Å². The summed E-state index contributed by atoms with van der Waals surface area (Å²) in [4.78, 5) is 31.3. The number of hydrogen-bond acceptors (Lipinski definition) is 8. The number of morpholine rings is 1. The van der Waals surface area contributed by atoms with Crippen molar-refractivity contribution in [3.8, 4) is 17.2 Å². The maximum absolute atomic E-state index is 16.0. The van der Waals surface area contributed by atoms with E-state index in [2.05, 4.69) is 10.2 Å². The summed E-state index contributed by atoms with van der Waals surface area (Å²) in [7, 11) is 0. The Morgan fingerprint density at radius 1 is 1.05 bits per heavy atom. The highest BCUT2D eigenvalue weighted by molar-refractivity contribution is 6.07. The van der Waals surface area contributed by atoms with Crippen molar-refractivity contribution in [2.45, 2.75) is 12.5 Å². The van der Waals surface area contributed by atoms with Crippen molar-refractivity contribution in [1.29, 1.82) is 0 Å². The zero-order valence-electron chi connectivity index (χ0n) is 23.4. The molecule has 0 aliphatic carbocycles. The minimum absolute atomic E-state index is 0.0657. The van der Waals surface area contributed by atoms with E-state index < -0.39 is 17.2 Å². The number of nitrogens with one attached hydrogen (secondary N) is 1. The molecule has 2 fully saturated rings. The molecule has 1 amide bonds. The van der Waals surface area contributed by atoms with Gasteiger partial charge in [-0.1, -0.05) is 18.2 Å². The fourth-order valence-corrected chi connectivity index (χ4v) is 6.52. The van der Waals surface area contributed by atoms with E-state index in [1.54, 1.807) is 4.57 Å². The topological polar surface area (TPSA) is 115 Å². The number of para-hydroxylation sites is 1. The fraction of sp³-hybridized carbons (Fsp3) is 0.312. The van der Waals surface area contributed by atoms with Crippen LogP contribution in [0.15, 0.2) is 57.9 Å². The second-order valence-electron chi connectivity index (χ2n) is 11.4. The van der Waals surface area contributed by atoms with Crippen LogP contribution in [0.25, 0.3) is 38.5 Å². The normalized spacial score (nSPS) is 18.4. The number of benzene rings is 3. The molecule has 1 unspecified atom stereocenters. The van der Waals surface area contributed by atoms with E-state index in [1.807, 2.05) is 41.3 Å². The molecule has 3 aliphatic heterocycles. The number of halogens is 1. The van der Waals surface area contributed by atoms with E-state index in [-0.39, 0.29) is 28.4 Å². The number of nitrogens with zero attached hydrogens (tertiary/aromatic N) is 3. The second kappa shape index (κ2) is 10.1. The quantitative estimate of drug-likeness (QED) is 0.316. The minimum atomic E-state index is -0.594. The largest absolute Gasteiger partial charge is 0.456 e. The Morgan fingerprint density at radius 2 is 1.88 bits per heavy atom. The Bertz CT molecular complexity index is 2000. The molecule has 0 bridgehead atoms. The van der Waals surface area contributed by atoms with Gasteiger partial charge in [0.05, 0.1) is 24.3 Å². The van der Waals surface area contributed by atoms with Crippen molar-refractivity contribution >= 4 is 44.4 Å². The third kappa shape index (κ3) is 4.26. The van der Waals surface area contributed by atoms with Gasteiger partial charge in [0.2, 0.25) is 5.43 Å². The molecule has 8 rings (SSSR count). The van der Waals surface area contributed by atoms with E-state index in [4.69, 9.17) is 19.6 Å². The fourth-order valence-electron chi connectivity index (χ4n) is 6.52. The number of amides is 1. The molecule has 3 aliphatic rings. The van der Waals surface area contributed by atoms with Crippen LogP contribution in [0, 0.1) is 5.82 Å². The van der Waals surface area contributed by atoms with Gasteiger partial charge in [0.1, 0.15) is 27.9 Å². The van der Waals surface area contributed by atoms with Gasteiger partial charge in [0, 0.05) is 68.3 Å². The molecular formula is C32H30FN5O5. The third-order valence-electron chi connectivity index (χ3n) is 8.70. The summed E-state index contributed by atoms with van der Waals surface area (Å²) >= 11 is 0. The van der Waals surface area contributed by atoms with Gasteiger partial charge >= 0.3 is 0 Å². The van der Waals surface area contributed by atoms with Gasteiger partial charge in [-0.25, -0.2) is 4.39 Å². The number of furan rings is 1. The van der Waals surface area contributed by atoms with Gasteiger partial charge in [-0.2, -0.15) is 0 Å². The Kier molecular flexibility index (Phi) is 6.14. The molecular weight excluding hydrogens is 553 g/mol. The molecule has 3 N–H and O–H groups in total. The lowest BCUT2D eigenvalue weighted by Crippen LogP contribution is -2.42. The Hall–Kier alpha value is -4.45. The van der Waals surface area contributed by atoms with Crippen LogP contribution in [0.5, 0.6) is 11.5 Å². The van der Waals surface area contributed by atoms with Crippen molar-refractivity contribution in [3.63, 3.8) is 0 Å². The van der Waals surface area contributed by atoms with Crippen molar-refractivity contribution in [1.82, 2.24) is 14.8 Å². The number of pyridine rings is 1. The highest BCUT2D eigenvalue weighted by atomic mass is 19.1. The lowest BCUT2D eigenvalue weighted by molar-refractivity contribution is 0.0383. The van der Waals surface area contributed by atoms with Gasteiger partial charge in [-0.05, 0) is 24.6 Å². The lowest BCUT2D eigenvalue weighted by atomic mass is 10.0. The highest BCUT2D eigenvalue weighted by Crippen LogP contribution is 2.48. The van der Waals surface area contributed by atoms with Crippen LogP contribution >= 0.6 is 0 Å². The van der Waals surface area contributed by atoms with Crippen LogP contribution < -0.4 is 26.1 Å². The van der Waals surface area contributed by atoms with Crippen molar-refractivity contribution < 1.29 is 23.1 Å². The first-order chi connectivity index (χ1) is 21.0. The Morgan fingerprint density at radius 3 is 2.70 bits per heavy atom. The summed E-state index contributed by atoms with van der Waals surface area (Å²) < 4.78 is 35.7. The third-order valence-corrected chi connectivity index (χ3v) is 8.70. The van der Waals surface area contributed by atoms with E-state index in [9.17, 15) is 9.59 Å². The Balaban J connectivity index is 1.29. The smallest absolute Gasteiger partial charge is 0.256 e. The number of ether oxygens (including phenoxy) is 2. The van der Waals surface area contributed by atoms with E-state index in [0.717, 1.165) is 29.4 Å². The molecule has 11 heteroatoms. The monoisotopic (exact) mass is 583 g/mol. The summed E-state index contributed by atoms with van der Waals surface area (Å²) in [5.74, 6) is -0.410. The first-order valence-electron chi connectivity index (χ1n) is 14.6. The summed E-state index contributed by atoms with van der Waals surface area (Å²) in [5, 5.41) is 4.71. The highest BCUT2D eigenvalue weighted by Gasteiger charge is 2.33. The molecule has 2 saturated heterocycles. The molecule has 5 aromatic rings. The first-order valence-corrected chi connectivity index (χ1v) is 14.6. The predicted molar refractivity (Wildman–Crippen MR) is 161 cm³/mol. The Labute approximate surface area is 245 Å². The van der Waals surface area contributed by atoms with Crippen LogP contribution in [-0.2, 0) is 4.74 Å². The van der Waals surface area contributed by atoms with E-state index in [0.29, 0.717) is 68.4 Å². The van der Waals surface area contributed by atoms with Gasteiger partial charge in [0.15, 0.2) is 17.3 Å². The SMILES string of the molecule is NC1CCN(c2c(F)cc3c(=O)c(C(=O)NCCN4CCOCC4)cn4c3c2Oc2cc3c(cc2-4)oc2ccccc23)C1. The number of aromatic nitrogens is 1. The molecule has 0 saturated carbocycles. The number of carbonyl (C=O) groups is 1. The van der Waals surface area contributed by atoms with Crippen LogP contribution in [-0.4, -0.2) is 73.9 Å². The lowest BCUT2D eigenvalue weighted by Gasteiger charge is -2.29. The molecule has 0 spiro atoms. The number of fused-ring (bicyclic) bond motifs is 5. The molecule has 0 radical (unpaired) electrons. The zero-order valence-corrected chi connectivity index (χ0v) is 23.4. The van der Waals surface area contributed by atoms with Gasteiger partial charge < -0.3 is 34.4 Å². The van der Waals surface area contributed by atoms with E-state index in [1.165, 1.54) is 12.3 Å². The standard InChI is InChI=1S/C32H30FN5O5/c33-23-13-21-28-31(29(23)37-7-5-18(34)16-37)43-27-14-20-19-3-1-2-4-25(19)42-26(20)15-24(27)38(28)17-22(30(21)39)32(40)35-6-8-36-9-11-41-12-10-36/h1-4,13-15,17-18H,5-12,16,34H2,(H,35,40). The maximum Gasteiger partial charge on any atom is 0.256 e. The number of anilines is 1. The van der Waals surface area contributed by atoms with Crippen molar-refractivity contribution in [2.24, 2.45) is 5.73 Å². The van der Waals surface area contributed by atoms with E-state index >= 15 is 4.39 Å². The van der Waals surface area contributed by atoms with Crippen LogP contribution in [0.1, 0.15) is 16.8 Å². The first kappa shape index (κ1) is 26.2. The van der Waals surface area contributed by atoms with Crippen molar-refractivity contribution in [3.05, 3.63) is 70.3 Å². The summed E-state index contributed by atoms with van der Waals surface area (Å²) in [6.45, 7) is 4.92. The number of nitrogens with two attached hydrogens (primary N) is 1. The average Bonchev–Trinajstić information content (AvgIpc) is 3.60. The molecule has 3 aromatic carbocycles. The number of carbonyl (C=O) groups excluding carboxylic acids is 1.